The summed E-state index contributed by atoms with van der Waals surface area (Å²) in [6.45, 7) is 1.52. The van der Waals surface area contributed by atoms with Crippen LogP contribution in [-0.4, -0.2) is 31.4 Å². The van der Waals surface area contributed by atoms with Crippen LogP contribution >= 0.6 is 0 Å². The van der Waals surface area contributed by atoms with E-state index in [1.807, 2.05) is 4.90 Å². The third kappa shape index (κ3) is 3.00. The van der Waals surface area contributed by atoms with E-state index in [-0.39, 0.29) is 17.0 Å². The van der Waals surface area contributed by atoms with Gasteiger partial charge in [0, 0.05) is 42.7 Å². The average Bonchev–Trinajstić information content (AvgIpc) is 3.41. The smallest absolute Gasteiger partial charge is 0.311 e. The zero-order valence-electron chi connectivity index (χ0n) is 13.6. The van der Waals surface area contributed by atoms with Crippen molar-refractivity contribution in [3.63, 3.8) is 0 Å². The lowest BCUT2D eigenvalue weighted by Crippen LogP contribution is -2.35. The Morgan fingerprint density at radius 2 is 2.20 bits per heavy atom. The molecule has 8 nitrogen and oxygen atoms in total. The van der Waals surface area contributed by atoms with Crippen molar-refractivity contribution in [1.82, 2.24) is 14.9 Å². The van der Waals surface area contributed by atoms with Gasteiger partial charge < -0.3 is 10.1 Å². The second-order valence-electron chi connectivity index (χ2n) is 6.65. The number of phenols is 1. The Kier molecular flexibility index (Phi) is 3.76. The van der Waals surface area contributed by atoms with Crippen LogP contribution in [-0.2, 0) is 19.5 Å². The largest absolute Gasteiger partial charge is 0.502 e. The zero-order chi connectivity index (χ0) is 17.6. The minimum atomic E-state index is -0.590. The van der Waals surface area contributed by atoms with Gasteiger partial charge in [0.25, 0.3) is 5.56 Å². The van der Waals surface area contributed by atoms with Gasteiger partial charge in [-0.15, -0.1) is 0 Å². The van der Waals surface area contributed by atoms with Crippen LogP contribution in [0.4, 0.5) is 5.69 Å². The third-order valence-electron chi connectivity index (χ3n) is 4.82. The van der Waals surface area contributed by atoms with E-state index in [9.17, 15) is 20.0 Å². The summed E-state index contributed by atoms with van der Waals surface area (Å²) in [5.74, 6) is 0.842. The quantitative estimate of drug-likeness (QED) is 0.647. The van der Waals surface area contributed by atoms with Crippen LogP contribution in [0.15, 0.2) is 23.0 Å². The molecule has 4 rings (SSSR count). The number of nitro benzene ring substituents is 1. The van der Waals surface area contributed by atoms with Crippen LogP contribution in [0.25, 0.3) is 0 Å². The number of aromatic nitrogens is 2. The van der Waals surface area contributed by atoms with Crippen molar-refractivity contribution in [1.29, 1.82) is 0 Å². The van der Waals surface area contributed by atoms with Crippen molar-refractivity contribution in [2.45, 2.75) is 38.3 Å². The number of H-pyrrole nitrogens is 1. The Morgan fingerprint density at radius 1 is 1.40 bits per heavy atom. The molecule has 0 bridgehead atoms. The fraction of sp³-hybridized carbons (Fsp3) is 0.412. The number of aromatic hydroxyl groups is 1. The maximum Gasteiger partial charge on any atom is 0.311 e. The number of nitro groups is 1. The molecular formula is C17H18N4O4. The number of para-hydroxylation sites is 1. The highest BCUT2D eigenvalue weighted by molar-refractivity contribution is 5.50. The number of hydrogen-bond acceptors (Lipinski definition) is 6. The highest BCUT2D eigenvalue weighted by Gasteiger charge is 2.29. The topological polar surface area (TPSA) is 112 Å². The van der Waals surface area contributed by atoms with Gasteiger partial charge in [0.1, 0.15) is 5.82 Å². The number of fused-ring (bicyclic) bond motifs is 1. The first kappa shape index (κ1) is 15.8. The van der Waals surface area contributed by atoms with Crippen LogP contribution in [0, 0.1) is 10.1 Å². The third-order valence-corrected chi connectivity index (χ3v) is 4.82. The minimum Gasteiger partial charge on any atom is -0.502 e. The number of nitrogens with one attached hydrogen (secondary N) is 1. The number of phenolic OH excluding ortho intramolecular Hbond substituents is 1. The molecule has 1 aliphatic heterocycles. The SMILES string of the molecule is O=c1[nH]c(C2CC2)nc2c1CCN(Cc1cccc([N+](=O)[O-])c1O)C2. The number of hydrogen-bond donors (Lipinski definition) is 2. The molecule has 25 heavy (non-hydrogen) atoms. The highest BCUT2D eigenvalue weighted by Crippen LogP contribution is 2.38. The molecule has 2 heterocycles. The van der Waals surface area contributed by atoms with E-state index in [4.69, 9.17) is 0 Å². The maximum absolute atomic E-state index is 12.2. The molecule has 1 saturated carbocycles. The van der Waals surface area contributed by atoms with Gasteiger partial charge in [-0.1, -0.05) is 12.1 Å². The molecule has 0 atom stereocenters. The van der Waals surface area contributed by atoms with Crippen molar-refractivity contribution in [2.75, 3.05) is 6.54 Å². The Morgan fingerprint density at radius 3 is 2.92 bits per heavy atom. The monoisotopic (exact) mass is 342 g/mol. The van der Waals surface area contributed by atoms with Gasteiger partial charge in [0.15, 0.2) is 5.75 Å². The molecule has 0 amide bonds. The van der Waals surface area contributed by atoms with Gasteiger partial charge in [-0.2, -0.15) is 0 Å². The van der Waals surface area contributed by atoms with Gasteiger partial charge in [-0.05, 0) is 19.3 Å². The van der Waals surface area contributed by atoms with Crippen molar-refractivity contribution in [3.8, 4) is 5.75 Å². The van der Waals surface area contributed by atoms with Crippen molar-refractivity contribution in [2.24, 2.45) is 0 Å². The maximum atomic E-state index is 12.2. The molecule has 0 unspecified atom stereocenters. The number of nitrogens with zero attached hydrogens (tertiary/aromatic N) is 3. The molecular weight excluding hydrogens is 324 g/mol. The number of rotatable bonds is 4. The summed E-state index contributed by atoms with van der Waals surface area (Å²) in [7, 11) is 0. The van der Waals surface area contributed by atoms with E-state index in [1.54, 1.807) is 12.1 Å². The average molecular weight is 342 g/mol. The predicted molar refractivity (Wildman–Crippen MR) is 89.4 cm³/mol. The molecule has 2 N–H and O–H groups in total. The normalized spacial score (nSPS) is 17.3. The van der Waals surface area contributed by atoms with Crippen LogP contribution in [0.3, 0.4) is 0 Å². The molecule has 2 aliphatic rings. The van der Waals surface area contributed by atoms with E-state index >= 15 is 0 Å². The molecule has 0 spiro atoms. The second-order valence-corrected chi connectivity index (χ2v) is 6.65. The molecule has 8 heteroatoms. The highest BCUT2D eigenvalue weighted by atomic mass is 16.6. The summed E-state index contributed by atoms with van der Waals surface area (Å²) in [6.07, 6.45) is 2.71. The van der Waals surface area contributed by atoms with Crippen LogP contribution in [0.5, 0.6) is 5.75 Å². The number of benzene rings is 1. The summed E-state index contributed by atoms with van der Waals surface area (Å²) in [5, 5.41) is 21.1. The first-order valence-electron chi connectivity index (χ1n) is 8.32. The van der Waals surface area contributed by atoms with Crippen LogP contribution in [0.2, 0.25) is 0 Å². The van der Waals surface area contributed by atoms with E-state index < -0.39 is 4.92 Å². The van der Waals surface area contributed by atoms with Gasteiger partial charge in [0.2, 0.25) is 0 Å². The fourth-order valence-electron chi connectivity index (χ4n) is 3.29. The molecule has 130 valence electrons. The Hall–Kier alpha value is -2.74. The van der Waals surface area contributed by atoms with Crippen molar-refractivity contribution >= 4 is 5.69 Å². The molecule has 0 radical (unpaired) electrons. The lowest BCUT2D eigenvalue weighted by Gasteiger charge is -2.27. The van der Waals surface area contributed by atoms with Crippen LogP contribution < -0.4 is 5.56 Å². The van der Waals surface area contributed by atoms with E-state index in [1.165, 1.54) is 6.07 Å². The fourth-order valence-corrected chi connectivity index (χ4v) is 3.29. The first-order chi connectivity index (χ1) is 12.0. The molecule has 1 aromatic carbocycles. The summed E-state index contributed by atoms with van der Waals surface area (Å²) in [5.41, 5.74) is 1.67. The standard InChI is InChI=1S/C17H18N4O4/c22-15-11(2-1-3-14(15)21(24)25)8-20-7-6-12-13(9-20)18-16(10-4-5-10)19-17(12)23/h1-3,10,22H,4-9H2,(H,18,19,23). The summed E-state index contributed by atoms with van der Waals surface area (Å²) in [6, 6.07) is 4.53. The summed E-state index contributed by atoms with van der Waals surface area (Å²) >= 11 is 0. The number of aromatic amines is 1. The zero-order valence-corrected chi connectivity index (χ0v) is 13.6. The second kappa shape index (κ2) is 5.96. The lowest BCUT2D eigenvalue weighted by molar-refractivity contribution is -0.385. The molecule has 0 saturated heterocycles. The first-order valence-corrected chi connectivity index (χ1v) is 8.32. The Bertz CT molecular complexity index is 904. The molecule has 1 aliphatic carbocycles. The van der Waals surface area contributed by atoms with Crippen molar-refractivity contribution < 1.29 is 10.0 Å². The lowest BCUT2D eigenvalue weighted by atomic mass is 10.0. The van der Waals surface area contributed by atoms with Gasteiger partial charge in [-0.3, -0.25) is 19.8 Å². The van der Waals surface area contributed by atoms with Crippen LogP contribution in [0.1, 0.15) is 41.4 Å². The minimum absolute atomic E-state index is 0.0512. The summed E-state index contributed by atoms with van der Waals surface area (Å²) < 4.78 is 0. The van der Waals surface area contributed by atoms with Gasteiger partial charge in [-0.25, -0.2) is 4.98 Å². The van der Waals surface area contributed by atoms with E-state index in [2.05, 4.69) is 9.97 Å². The van der Waals surface area contributed by atoms with Gasteiger partial charge >= 0.3 is 5.69 Å². The van der Waals surface area contributed by atoms with E-state index in [0.717, 1.165) is 29.9 Å². The molecule has 1 fully saturated rings. The Labute approximate surface area is 143 Å². The predicted octanol–water partition coefficient (Wildman–Crippen LogP) is 1.82. The summed E-state index contributed by atoms with van der Waals surface area (Å²) in [4.78, 5) is 32.2. The molecule has 2 aromatic rings. The van der Waals surface area contributed by atoms with E-state index in [0.29, 0.717) is 37.5 Å². The molecule has 1 aromatic heterocycles. The Balaban J connectivity index is 1.58. The van der Waals surface area contributed by atoms with Crippen molar-refractivity contribution in [3.05, 3.63) is 61.3 Å². The van der Waals surface area contributed by atoms with Gasteiger partial charge in [0.05, 0.1) is 10.6 Å².